The monoisotopic (exact) mass is 434 g/mol. The van der Waals surface area contributed by atoms with Gasteiger partial charge in [0.15, 0.2) is 0 Å². The van der Waals surface area contributed by atoms with Crippen molar-refractivity contribution in [2.24, 2.45) is 11.8 Å². The van der Waals surface area contributed by atoms with Crippen LogP contribution in [-0.2, 0) is 33.2 Å². The van der Waals surface area contributed by atoms with E-state index in [4.69, 9.17) is 28.4 Å². The molecule has 0 aromatic rings. The molecule has 0 aliphatic heterocycles. The highest BCUT2D eigenvalue weighted by molar-refractivity contribution is 5.72. The van der Waals surface area contributed by atoms with E-state index in [1.807, 2.05) is 6.92 Å². The van der Waals surface area contributed by atoms with E-state index in [0.29, 0.717) is 72.0 Å². The van der Waals surface area contributed by atoms with Crippen LogP contribution in [0.25, 0.3) is 0 Å². The average Bonchev–Trinajstić information content (AvgIpc) is 2.76. The van der Waals surface area contributed by atoms with Crippen LogP contribution in [0.3, 0.4) is 0 Å². The average molecular weight is 435 g/mol. The minimum Gasteiger partial charge on any atom is -0.463 e. The van der Waals surface area contributed by atoms with E-state index in [1.165, 1.54) is 0 Å². The Balaban J connectivity index is 3.25. The number of carbonyl (C=O) groups is 1. The quantitative estimate of drug-likeness (QED) is 0.178. The second-order valence-corrected chi connectivity index (χ2v) is 7.45. The van der Waals surface area contributed by atoms with Crippen molar-refractivity contribution >= 4 is 5.97 Å². The zero-order valence-corrected chi connectivity index (χ0v) is 19.8. The first-order valence-electron chi connectivity index (χ1n) is 11.7. The molecule has 0 aromatic carbocycles. The van der Waals surface area contributed by atoms with Crippen LogP contribution in [0.15, 0.2) is 0 Å². The molecule has 0 saturated heterocycles. The maximum absolute atomic E-state index is 11.9. The van der Waals surface area contributed by atoms with Crippen LogP contribution in [0.1, 0.15) is 59.8 Å². The smallest absolute Gasteiger partial charge is 0.308 e. The molecule has 0 amide bonds. The Labute approximate surface area is 184 Å². The summed E-state index contributed by atoms with van der Waals surface area (Å²) in [5.74, 6) is 0.511. The summed E-state index contributed by atoms with van der Waals surface area (Å²) in [5.41, 5.74) is 0. The third kappa shape index (κ3) is 19.2. The van der Waals surface area contributed by atoms with Crippen LogP contribution in [0.4, 0.5) is 0 Å². The van der Waals surface area contributed by atoms with Crippen molar-refractivity contribution in [3.05, 3.63) is 0 Å². The van der Waals surface area contributed by atoms with Crippen molar-refractivity contribution < 1.29 is 33.2 Å². The SMILES string of the molecule is CCCCC(CC)C(=O)OCCOCCOCCOCCOCCOCC(C)CC. The third-order valence-corrected chi connectivity index (χ3v) is 4.79. The molecule has 7 heteroatoms. The van der Waals surface area contributed by atoms with E-state index in [1.54, 1.807) is 0 Å². The highest BCUT2D eigenvalue weighted by Gasteiger charge is 2.16. The normalized spacial score (nSPS) is 13.3. The Bertz CT molecular complexity index is 365. The summed E-state index contributed by atoms with van der Waals surface area (Å²) in [5, 5.41) is 0. The molecule has 0 saturated carbocycles. The molecule has 30 heavy (non-hydrogen) atoms. The largest absolute Gasteiger partial charge is 0.463 e. The predicted molar refractivity (Wildman–Crippen MR) is 118 cm³/mol. The lowest BCUT2D eigenvalue weighted by atomic mass is 10.00. The molecule has 0 aliphatic carbocycles. The number of hydrogen-bond acceptors (Lipinski definition) is 7. The minimum atomic E-state index is -0.106. The summed E-state index contributed by atoms with van der Waals surface area (Å²) in [6, 6.07) is 0. The van der Waals surface area contributed by atoms with Crippen LogP contribution < -0.4 is 0 Å². The molecule has 0 spiro atoms. The van der Waals surface area contributed by atoms with Gasteiger partial charge in [-0.25, -0.2) is 0 Å². The molecule has 2 unspecified atom stereocenters. The third-order valence-electron chi connectivity index (χ3n) is 4.79. The van der Waals surface area contributed by atoms with Crippen LogP contribution in [0.2, 0.25) is 0 Å². The van der Waals surface area contributed by atoms with E-state index >= 15 is 0 Å². The number of rotatable bonds is 23. The van der Waals surface area contributed by atoms with Gasteiger partial charge in [-0.3, -0.25) is 4.79 Å². The summed E-state index contributed by atoms with van der Waals surface area (Å²) in [4.78, 5) is 11.9. The van der Waals surface area contributed by atoms with Crippen molar-refractivity contribution in [1.29, 1.82) is 0 Å². The Morgan fingerprint density at radius 1 is 0.667 bits per heavy atom. The zero-order chi connectivity index (χ0) is 22.3. The second kappa shape index (κ2) is 22.9. The topological polar surface area (TPSA) is 72.5 Å². The standard InChI is InChI=1S/C23H46O7/c1-5-8-9-22(7-3)23(24)30-19-18-28-15-14-26-11-10-25-12-13-27-16-17-29-20-21(4)6-2/h21-22H,5-20H2,1-4H3. The molecule has 180 valence electrons. The Kier molecular flexibility index (Phi) is 22.4. The molecule has 0 heterocycles. The number of carbonyl (C=O) groups excluding carboxylic acids is 1. The fourth-order valence-corrected chi connectivity index (χ4v) is 2.54. The summed E-state index contributed by atoms with van der Waals surface area (Å²) >= 11 is 0. The van der Waals surface area contributed by atoms with Crippen LogP contribution in [0.5, 0.6) is 0 Å². The first kappa shape index (κ1) is 29.3. The van der Waals surface area contributed by atoms with Gasteiger partial charge < -0.3 is 28.4 Å². The molecule has 0 aromatic heterocycles. The molecule has 0 N–H and O–H groups in total. The summed E-state index contributed by atoms with van der Waals surface area (Å²) < 4.78 is 32.5. The van der Waals surface area contributed by atoms with Gasteiger partial charge in [0.25, 0.3) is 0 Å². The first-order chi connectivity index (χ1) is 14.7. The summed E-state index contributed by atoms with van der Waals surface area (Å²) in [6.45, 7) is 14.3. The molecule has 0 radical (unpaired) electrons. The van der Waals surface area contributed by atoms with Crippen molar-refractivity contribution in [3.63, 3.8) is 0 Å². The Morgan fingerprint density at radius 3 is 1.57 bits per heavy atom. The lowest BCUT2D eigenvalue weighted by Crippen LogP contribution is -2.20. The molecular formula is C23H46O7. The second-order valence-electron chi connectivity index (χ2n) is 7.45. The number of unbranched alkanes of at least 4 members (excludes halogenated alkanes) is 1. The fourth-order valence-electron chi connectivity index (χ4n) is 2.54. The Hall–Kier alpha value is -0.730. The maximum Gasteiger partial charge on any atom is 0.308 e. The van der Waals surface area contributed by atoms with Crippen molar-refractivity contribution in [1.82, 2.24) is 0 Å². The molecule has 0 fully saturated rings. The van der Waals surface area contributed by atoms with E-state index in [-0.39, 0.29) is 11.9 Å². The van der Waals surface area contributed by atoms with Crippen molar-refractivity contribution in [2.75, 3.05) is 72.7 Å². The lowest BCUT2D eigenvalue weighted by molar-refractivity contribution is -0.150. The van der Waals surface area contributed by atoms with Crippen LogP contribution in [0, 0.1) is 11.8 Å². The molecule has 0 bridgehead atoms. The zero-order valence-electron chi connectivity index (χ0n) is 19.8. The fraction of sp³-hybridized carbons (Fsp3) is 0.957. The Morgan fingerprint density at radius 2 is 1.13 bits per heavy atom. The molecule has 2 atom stereocenters. The number of ether oxygens (including phenoxy) is 6. The first-order valence-corrected chi connectivity index (χ1v) is 11.7. The van der Waals surface area contributed by atoms with Gasteiger partial charge in [-0.1, -0.05) is 47.0 Å². The van der Waals surface area contributed by atoms with Crippen molar-refractivity contribution in [2.45, 2.75) is 59.8 Å². The minimum absolute atomic E-state index is 0.0154. The van der Waals surface area contributed by atoms with E-state index in [9.17, 15) is 4.79 Å². The molecule has 7 nitrogen and oxygen atoms in total. The van der Waals surface area contributed by atoms with Gasteiger partial charge in [-0.15, -0.1) is 0 Å². The van der Waals surface area contributed by atoms with Gasteiger partial charge in [0.1, 0.15) is 6.61 Å². The van der Waals surface area contributed by atoms with Gasteiger partial charge in [0.05, 0.1) is 65.4 Å². The van der Waals surface area contributed by atoms with E-state index in [0.717, 1.165) is 38.7 Å². The number of esters is 1. The van der Waals surface area contributed by atoms with Gasteiger partial charge >= 0.3 is 5.97 Å². The highest BCUT2D eigenvalue weighted by atomic mass is 16.6. The molecule has 0 aliphatic rings. The summed E-state index contributed by atoms with van der Waals surface area (Å²) in [6.07, 6.45) is 5.03. The highest BCUT2D eigenvalue weighted by Crippen LogP contribution is 2.14. The van der Waals surface area contributed by atoms with Gasteiger partial charge in [-0.2, -0.15) is 0 Å². The van der Waals surface area contributed by atoms with Gasteiger partial charge in [0, 0.05) is 6.61 Å². The van der Waals surface area contributed by atoms with E-state index in [2.05, 4.69) is 20.8 Å². The van der Waals surface area contributed by atoms with Gasteiger partial charge in [0.2, 0.25) is 0 Å². The predicted octanol–water partition coefficient (Wildman–Crippen LogP) is 3.88. The van der Waals surface area contributed by atoms with Crippen molar-refractivity contribution in [3.8, 4) is 0 Å². The number of hydrogen-bond donors (Lipinski definition) is 0. The maximum atomic E-state index is 11.9. The van der Waals surface area contributed by atoms with Crippen LogP contribution in [-0.4, -0.2) is 78.6 Å². The summed E-state index contributed by atoms with van der Waals surface area (Å²) in [7, 11) is 0. The van der Waals surface area contributed by atoms with Crippen LogP contribution >= 0.6 is 0 Å². The lowest BCUT2D eigenvalue weighted by Gasteiger charge is -2.13. The molecule has 0 rings (SSSR count). The molecular weight excluding hydrogens is 388 g/mol. The van der Waals surface area contributed by atoms with E-state index < -0.39 is 0 Å². The van der Waals surface area contributed by atoms with Gasteiger partial charge in [-0.05, 0) is 18.8 Å².